The summed E-state index contributed by atoms with van der Waals surface area (Å²) >= 11 is 4.83. The molecule has 0 aromatic carbocycles. The smallest absolute Gasteiger partial charge is 0.263 e. The van der Waals surface area contributed by atoms with Gasteiger partial charge in [-0.25, -0.2) is 0 Å². The third-order valence-corrected chi connectivity index (χ3v) is 7.35. The normalized spacial score (nSPS) is 20.6. The molecule has 1 aliphatic rings. The van der Waals surface area contributed by atoms with E-state index >= 15 is 0 Å². The van der Waals surface area contributed by atoms with Crippen molar-refractivity contribution in [2.75, 3.05) is 19.6 Å². The minimum absolute atomic E-state index is 0.0276. The third-order valence-electron chi connectivity index (χ3n) is 4.05. The first-order valence-corrected chi connectivity index (χ1v) is 10.6. The molecule has 24 heavy (non-hydrogen) atoms. The number of rotatable bonds is 6. The fourth-order valence-electron chi connectivity index (χ4n) is 2.74. The highest BCUT2D eigenvalue weighted by molar-refractivity contribution is 8.01. The van der Waals surface area contributed by atoms with E-state index in [1.807, 2.05) is 52.6 Å². The Morgan fingerprint density at radius 2 is 2.00 bits per heavy atom. The number of nitrogens with zero attached hydrogens (tertiary/aromatic N) is 2. The molecule has 0 radical (unpaired) electrons. The van der Waals surface area contributed by atoms with Crippen LogP contribution in [0.2, 0.25) is 0 Å². The second kappa shape index (κ2) is 7.72. The summed E-state index contributed by atoms with van der Waals surface area (Å²) in [7, 11) is 0. The molecule has 3 rings (SSSR count). The van der Waals surface area contributed by atoms with Gasteiger partial charge in [0.25, 0.3) is 5.91 Å². The number of thioether (sulfide) groups is 1. The molecule has 2 amide bonds. The van der Waals surface area contributed by atoms with Gasteiger partial charge in [0.15, 0.2) is 0 Å². The van der Waals surface area contributed by atoms with Gasteiger partial charge in [-0.3, -0.25) is 9.59 Å². The van der Waals surface area contributed by atoms with Crippen molar-refractivity contribution in [3.8, 4) is 0 Å². The maximum Gasteiger partial charge on any atom is 0.263 e. The van der Waals surface area contributed by atoms with Crippen LogP contribution in [0.3, 0.4) is 0 Å². The van der Waals surface area contributed by atoms with Crippen LogP contribution in [0, 0.1) is 0 Å². The van der Waals surface area contributed by atoms with Gasteiger partial charge in [0.2, 0.25) is 5.91 Å². The van der Waals surface area contributed by atoms with E-state index in [0.29, 0.717) is 19.6 Å². The van der Waals surface area contributed by atoms with Crippen LogP contribution in [0.5, 0.6) is 0 Å². The number of carbonyl (C=O) groups is 2. The van der Waals surface area contributed by atoms with Gasteiger partial charge >= 0.3 is 0 Å². The fourth-order valence-corrected chi connectivity index (χ4v) is 5.69. The lowest BCUT2D eigenvalue weighted by Crippen LogP contribution is -2.40. The van der Waals surface area contributed by atoms with E-state index in [2.05, 4.69) is 6.07 Å². The molecule has 1 aliphatic heterocycles. The van der Waals surface area contributed by atoms with Crippen LogP contribution in [-0.2, 0) is 4.79 Å². The highest BCUT2D eigenvalue weighted by atomic mass is 32.2. The van der Waals surface area contributed by atoms with Gasteiger partial charge < -0.3 is 9.80 Å². The van der Waals surface area contributed by atoms with Crippen LogP contribution in [-0.4, -0.2) is 46.5 Å². The van der Waals surface area contributed by atoms with Gasteiger partial charge in [-0.1, -0.05) is 12.1 Å². The van der Waals surface area contributed by atoms with Crippen molar-refractivity contribution in [1.82, 2.24) is 9.80 Å². The summed E-state index contributed by atoms with van der Waals surface area (Å²) in [6.45, 7) is 5.72. The van der Waals surface area contributed by atoms with Crippen molar-refractivity contribution < 1.29 is 9.59 Å². The average molecular weight is 381 g/mol. The molecular weight excluding hydrogens is 360 g/mol. The van der Waals surface area contributed by atoms with E-state index < -0.39 is 0 Å². The van der Waals surface area contributed by atoms with E-state index in [1.165, 1.54) is 16.2 Å². The molecule has 0 aliphatic carbocycles. The highest BCUT2D eigenvalue weighted by Gasteiger charge is 2.39. The summed E-state index contributed by atoms with van der Waals surface area (Å²) in [5.41, 5.74) is 0. The molecule has 128 valence electrons. The van der Waals surface area contributed by atoms with E-state index in [4.69, 9.17) is 0 Å². The molecule has 3 heterocycles. The zero-order chi connectivity index (χ0) is 17.1. The minimum atomic E-state index is -0.0276. The molecular formula is C17H20N2O2S3. The molecule has 1 fully saturated rings. The number of likely N-dealkylation sites (N-methyl/N-ethyl adjacent to an activating group) is 1. The number of thiophene rings is 2. The van der Waals surface area contributed by atoms with Gasteiger partial charge in [0, 0.05) is 24.5 Å². The van der Waals surface area contributed by atoms with Gasteiger partial charge in [-0.05, 0) is 36.7 Å². The molecule has 0 saturated carbocycles. The first-order chi connectivity index (χ1) is 11.6. The zero-order valence-electron chi connectivity index (χ0n) is 13.7. The van der Waals surface area contributed by atoms with Gasteiger partial charge in [-0.2, -0.15) is 0 Å². The highest BCUT2D eigenvalue weighted by Crippen LogP contribution is 2.44. The van der Waals surface area contributed by atoms with Gasteiger partial charge in [-0.15, -0.1) is 34.4 Å². The summed E-state index contributed by atoms with van der Waals surface area (Å²) in [6.07, 6.45) is 0. The first-order valence-electron chi connectivity index (χ1n) is 7.94. The molecule has 2 atom stereocenters. The van der Waals surface area contributed by atoms with Crippen LogP contribution in [0.4, 0.5) is 0 Å². The summed E-state index contributed by atoms with van der Waals surface area (Å²) in [5, 5.41) is 4.00. The predicted molar refractivity (Wildman–Crippen MR) is 102 cm³/mol. The van der Waals surface area contributed by atoms with E-state index in [9.17, 15) is 9.59 Å². The monoisotopic (exact) mass is 380 g/mol. The lowest BCUT2D eigenvalue weighted by Gasteiger charge is -2.27. The lowest BCUT2D eigenvalue weighted by atomic mass is 10.3. The Morgan fingerprint density at radius 1 is 1.25 bits per heavy atom. The van der Waals surface area contributed by atoms with Crippen molar-refractivity contribution in [3.05, 3.63) is 44.8 Å². The topological polar surface area (TPSA) is 40.6 Å². The average Bonchev–Trinajstić information content (AvgIpc) is 3.32. The number of amides is 2. The fraction of sp³-hybridized carbons (Fsp3) is 0.412. The largest absolute Gasteiger partial charge is 0.336 e. The molecule has 0 spiro atoms. The molecule has 1 saturated heterocycles. The summed E-state index contributed by atoms with van der Waals surface area (Å²) < 4.78 is 0. The van der Waals surface area contributed by atoms with Crippen LogP contribution >= 0.6 is 34.4 Å². The molecule has 2 aromatic heterocycles. The number of hydrogen-bond acceptors (Lipinski definition) is 5. The number of hydrogen-bond donors (Lipinski definition) is 0. The minimum Gasteiger partial charge on any atom is -0.336 e. The second-order valence-corrected chi connectivity index (χ2v) is 8.89. The quantitative estimate of drug-likeness (QED) is 0.762. The van der Waals surface area contributed by atoms with Crippen LogP contribution in [0.15, 0.2) is 35.0 Å². The molecule has 2 aromatic rings. The van der Waals surface area contributed by atoms with Crippen LogP contribution in [0.1, 0.15) is 33.8 Å². The van der Waals surface area contributed by atoms with Crippen molar-refractivity contribution >= 4 is 46.2 Å². The van der Waals surface area contributed by atoms with Crippen molar-refractivity contribution in [1.29, 1.82) is 0 Å². The lowest BCUT2D eigenvalue weighted by molar-refractivity contribution is -0.129. The Kier molecular flexibility index (Phi) is 5.63. The summed E-state index contributed by atoms with van der Waals surface area (Å²) in [6, 6.07) is 7.84. The summed E-state index contributed by atoms with van der Waals surface area (Å²) in [5.74, 6) is 0.213. The Hall–Kier alpha value is -1.31. The molecule has 0 bridgehead atoms. The van der Waals surface area contributed by atoms with Gasteiger partial charge in [0.05, 0.1) is 10.1 Å². The van der Waals surface area contributed by atoms with E-state index in [1.54, 1.807) is 23.1 Å². The standard InChI is InChI=1S/C17H20N2O2S3/c1-3-18(16(21)13-6-4-10-22-13)8-9-19-15(20)12(2)24-17(19)14-7-5-11-23-14/h4-7,10-12,17H,3,8-9H2,1-2H3/t12-,17-/m0/s1. The Labute approximate surface area is 154 Å². The van der Waals surface area contributed by atoms with E-state index in [-0.39, 0.29) is 22.4 Å². The Morgan fingerprint density at radius 3 is 2.62 bits per heavy atom. The molecule has 7 heteroatoms. The van der Waals surface area contributed by atoms with Gasteiger partial charge in [0.1, 0.15) is 5.37 Å². The van der Waals surface area contributed by atoms with Crippen molar-refractivity contribution in [3.63, 3.8) is 0 Å². The second-order valence-electron chi connectivity index (χ2n) is 5.54. The molecule has 0 unspecified atom stereocenters. The van der Waals surface area contributed by atoms with E-state index in [0.717, 1.165) is 4.88 Å². The maximum absolute atomic E-state index is 12.5. The van der Waals surface area contributed by atoms with Crippen LogP contribution < -0.4 is 0 Å². The molecule has 4 nitrogen and oxygen atoms in total. The molecule has 0 N–H and O–H groups in total. The number of carbonyl (C=O) groups excluding carboxylic acids is 2. The van der Waals surface area contributed by atoms with Crippen molar-refractivity contribution in [2.45, 2.75) is 24.5 Å². The SMILES string of the molecule is CCN(CCN1C(=O)[C@H](C)S[C@H]1c1cccs1)C(=O)c1cccs1. The zero-order valence-corrected chi connectivity index (χ0v) is 16.1. The maximum atomic E-state index is 12.5. The first kappa shape index (κ1) is 17.5. The van der Waals surface area contributed by atoms with Crippen molar-refractivity contribution in [2.24, 2.45) is 0 Å². The third kappa shape index (κ3) is 3.53. The summed E-state index contributed by atoms with van der Waals surface area (Å²) in [4.78, 5) is 30.7. The Balaban J connectivity index is 1.69. The van der Waals surface area contributed by atoms with Crippen LogP contribution in [0.25, 0.3) is 0 Å². The Bertz CT molecular complexity index is 685. The predicted octanol–water partition coefficient (Wildman–Crippen LogP) is 3.93.